The van der Waals surface area contributed by atoms with Crippen molar-refractivity contribution in [2.45, 2.75) is 38.1 Å². The molecular formula is C18H25ClN4O2. The van der Waals surface area contributed by atoms with Crippen LogP contribution in [0.4, 0.5) is 0 Å². The molecule has 1 unspecified atom stereocenters. The molecule has 0 saturated carbocycles. The first kappa shape index (κ1) is 19.4. The summed E-state index contributed by atoms with van der Waals surface area (Å²) in [7, 11) is 1.68. The number of nitrogens with zero attached hydrogens (tertiary/aromatic N) is 2. The number of hydrogen-bond donors (Lipinski definition) is 2. The molecule has 2 heterocycles. The van der Waals surface area contributed by atoms with Crippen molar-refractivity contribution in [1.82, 2.24) is 20.4 Å². The number of methoxy groups -OCH3 is 1. The first-order chi connectivity index (χ1) is 11.7. The van der Waals surface area contributed by atoms with Gasteiger partial charge in [-0.3, -0.25) is 9.48 Å². The van der Waals surface area contributed by atoms with Crippen molar-refractivity contribution >= 4 is 18.3 Å². The maximum atomic E-state index is 12.3. The zero-order chi connectivity index (χ0) is 16.9. The molecule has 1 aliphatic rings. The first-order valence-electron chi connectivity index (χ1n) is 8.28. The van der Waals surface area contributed by atoms with E-state index >= 15 is 0 Å². The lowest BCUT2D eigenvalue weighted by Crippen LogP contribution is -2.41. The zero-order valence-corrected chi connectivity index (χ0v) is 15.3. The molecule has 3 rings (SSSR count). The van der Waals surface area contributed by atoms with E-state index in [1.807, 2.05) is 42.2 Å². The molecule has 0 radical (unpaired) electrons. The Balaban J connectivity index is 0.00000225. The highest BCUT2D eigenvalue weighted by Crippen LogP contribution is 2.15. The van der Waals surface area contributed by atoms with E-state index in [2.05, 4.69) is 27.9 Å². The van der Waals surface area contributed by atoms with Crippen molar-refractivity contribution in [3.63, 3.8) is 0 Å². The van der Waals surface area contributed by atoms with Gasteiger partial charge in [0.1, 0.15) is 0 Å². The summed E-state index contributed by atoms with van der Waals surface area (Å²) in [5.74, 6) is 0.0119. The summed E-state index contributed by atoms with van der Waals surface area (Å²) in [5, 5.41) is 10.6. The molecule has 2 aromatic rings. The van der Waals surface area contributed by atoms with E-state index in [1.54, 1.807) is 7.11 Å². The Morgan fingerprint density at radius 3 is 2.88 bits per heavy atom. The van der Waals surface area contributed by atoms with Crippen LogP contribution in [0, 0.1) is 0 Å². The zero-order valence-electron chi connectivity index (χ0n) is 14.5. The molecule has 7 heteroatoms. The van der Waals surface area contributed by atoms with Gasteiger partial charge in [-0.1, -0.05) is 30.3 Å². The highest BCUT2D eigenvalue weighted by atomic mass is 35.5. The van der Waals surface area contributed by atoms with Gasteiger partial charge in [-0.2, -0.15) is 5.10 Å². The quantitative estimate of drug-likeness (QED) is 0.821. The van der Waals surface area contributed by atoms with Crippen molar-refractivity contribution in [1.29, 1.82) is 0 Å². The normalized spacial score (nSPS) is 20.7. The summed E-state index contributed by atoms with van der Waals surface area (Å²) in [6, 6.07) is 9.92. The molecular weight excluding hydrogens is 340 g/mol. The van der Waals surface area contributed by atoms with Gasteiger partial charge in [0.05, 0.1) is 30.9 Å². The van der Waals surface area contributed by atoms with Gasteiger partial charge in [0, 0.05) is 25.4 Å². The van der Waals surface area contributed by atoms with E-state index in [4.69, 9.17) is 4.74 Å². The van der Waals surface area contributed by atoms with Crippen LogP contribution in [0.15, 0.2) is 42.7 Å². The van der Waals surface area contributed by atoms with E-state index < -0.39 is 0 Å². The molecule has 2 N–H and O–H groups in total. The van der Waals surface area contributed by atoms with Crippen molar-refractivity contribution in [2.75, 3.05) is 13.7 Å². The summed E-state index contributed by atoms with van der Waals surface area (Å²) in [5.41, 5.74) is 2.20. The number of aromatic nitrogens is 2. The number of halogens is 1. The minimum atomic E-state index is -0.184. The topological polar surface area (TPSA) is 68.2 Å². The molecule has 6 nitrogen and oxygen atoms in total. The van der Waals surface area contributed by atoms with Crippen molar-refractivity contribution in [3.8, 4) is 0 Å². The fourth-order valence-electron chi connectivity index (χ4n) is 2.94. The number of amides is 1. The molecule has 0 bridgehead atoms. The molecule has 0 aliphatic carbocycles. The summed E-state index contributed by atoms with van der Waals surface area (Å²) < 4.78 is 7.18. The van der Waals surface area contributed by atoms with E-state index in [0.29, 0.717) is 6.42 Å². The van der Waals surface area contributed by atoms with Crippen molar-refractivity contribution < 1.29 is 9.53 Å². The second kappa shape index (κ2) is 8.99. The van der Waals surface area contributed by atoms with Gasteiger partial charge in [-0.15, -0.1) is 12.4 Å². The molecule has 1 aromatic heterocycles. The Morgan fingerprint density at radius 2 is 2.20 bits per heavy atom. The van der Waals surface area contributed by atoms with Crippen molar-refractivity contribution in [3.05, 3.63) is 53.9 Å². The van der Waals surface area contributed by atoms with Crippen LogP contribution in [0.25, 0.3) is 0 Å². The van der Waals surface area contributed by atoms with Crippen LogP contribution in [0.5, 0.6) is 0 Å². The number of hydrogen-bond acceptors (Lipinski definition) is 4. The van der Waals surface area contributed by atoms with Gasteiger partial charge < -0.3 is 15.4 Å². The second-order valence-electron chi connectivity index (χ2n) is 6.24. The maximum absolute atomic E-state index is 12.3. The lowest BCUT2D eigenvalue weighted by molar-refractivity contribution is -0.123. The fourth-order valence-corrected chi connectivity index (χ4v) is 2.94. The highest BCUT2D eigenvalue weighted by molar-refractivity contribution is 5.85. The highest BCUT2D eigenvalue weighted by Gasteiger charge is 2.30. The molecule has 25 heavy (non-hydrogen) atoms. The van der Waals surface area contributed by atoms with Gasteiger partial charge in [0.15, 0.2) is 0 Å². The third-order valence-electron chi connectivity index (χ3n) is 4.44. The van der Waals surface area contributed by atoms with Crippen LogP contribution in [0.2, 0.25) is 0 Å². The Kier molecular flexibility index (Phi) is 6.99. The minimum Gasteiger partial charge on any atom is -0.380 e. The Morgan fingerprint density at radius 1 is 1.44 bits per heavy atom. The second-order valence-corrected chi connectivity index (χ2v) is 6.24. The van der Waals surface area contributed by atoms with Gasteiger partial charge in [-0.25, -0.2) is 0 Å². The van der Waals surface area contributed by atoms with Crippen LogP contribution in [-0.2, 0) is 16.1 Å². The maximum Gasteiger partial charge on any atom is 0.237 e. The molecule has 1 aliphatic heterocycles. The largest absolute Gasteiger partial charge is 0.380 e. The third-order valence-corrected chi connectivity index (χ3v) is 4.44. The average Bonchev–Trinajstić information content (AvgIpc) is 3.25. The molecule has 1 amide bonds. The smallest absolute Gasteiger partial charge is 0.237 e. The Labute approximate surface area is 154 Å². The Hall–Kier alpha value is -1.89. The molecule has 1 aromatic carbocycles. The number of carbonyl (C=O) groups excluding carboxylic acids is 1. The summed E-state index contributed by atoms with van der Waals surface area (Å²) in [6.45, 7) is 3.42. The monoisotopic (exact) mass is 364 g/mol. The summed E-state index contributed by atoms with van der Waals surface area (Å²) in [6.07, 6.45) is 4.62. The SMILES string of the molecule is CO[C@@H]1CN[C@@H](C(=O)NC(C)c2cnn(Cc3ccccc3)c2)C1.Cl. The van der Waals surface area contributed by atoms with Crippen LogP contribution in [0.1, 0.15) is 30.5 Å². The molecule has 1 saturated heterocycles. The van der Waals surface area contributed by atoms with Gasteiger partial charge in [0.25, 0.3) is 0 Å². The lowest BCUT2D eigenvalue weighted by Gasteiger charge is -2.16. The number of benzene rings is 1. The number of nitrogens with one attached hydrogen (secondary N) is 2. The lowest BCUT2D eigenvalue weighted by atomic mass is 10.1. The standard InChI is InChI=1S/C18H24N4O2.ClH/c1-13(21-18(23)17-8-16(24-2)10-19-17)15-9-20-22(12-15)11-14-6-4-3-5-7-14;/h3-7,9,12-13,16-17,19H,8,10-11H2,1-2H3,(H,21,23);1H/t13?,16-,17+;/m0./s1. The average molecular weight is 365 g/mol. The molecule has 1 fully saturated rings. The van der Waals surface area contributed by atoms with E-state index in [9.17, 15) is 4.79 Å². The first-order valence-corrected chi connectivity index (χ1v) is 8.28. The van der Waals surface area contributed by atoms with E-state index in [-0.39, 0.29) is 36.5 Å². The minimum absolute atomic E-state index is 0. The molecule has 3 atom stereocenters. The number of ether oxygens (including phenoxy) is 1. The third kappa shape index (κ3) is 5.04. The fraction of sp³-hybridized carbons (Fsp3) is 0.444. The van der Waals surface area contributed by atoms with Gasteiger partial charge in [0.2, 0.25) is 5.91 Å². The molecule has 136 valence electrons. The van der Waals surface area contributed by atoms with Gasteiger partial charge in [-0.05, 0) is 18.9 Å². The van der Waals surface area contributed by atoms with Gasteiger partial charge >= 0.3 is 0 Å². The molecule has 0 spiro atoms. The van der Waals surface area contributed by atoms with Crippen molar-refractivity contribution in [2.24, 2.45) is 0 Å². The van der Waals surface area contributed by atoms with E-state index in [0.717, 1.165) is 18.7 Å². The van der Waals surface area contributed by atoms with Crippen LogP contribution < -0.4 is 10.6 Å². The van der Waals surface area contributed by atoms with Crippen LogP contribution >= 0.6 is 12.4 Å². The summed E-state index contributed by atoms with van der Waals surface area (Å²) in [4.78, 5) is 12.3. The Bertz CT molecular complexity index is 677. The number of rotatable bonds is 6. The number of carbonyl (C=O) groups is 1. The predicted molar refractivity (Wildman–Crippen MR) is 98.8 cm³/mol. The van der Waals surface area contributed by atoms with E-state index in [1.165, 1.54) is 5.56 Å². The predicted octanol–water partition coefficient (Wildman–Crippen LogP) is 1.91. The summed E-state index contributed by atoms with van der Waals surface area (Å²) >= 11 is 0. The van der Waals surface area contributed by atoms with Crippen LogP contribution in [0.3, 0.4) is 0 Å². The van der Waals surface area contributed by atoms with Crippen LogP contribution in [-0.4, -0.2) is 41.5 Å².